The van der Waals surface area contributed by atoms with Gasteiger partial charge in [0.1, 0.15) is 5.82 Å². The highest BCUT2D eigenvalue weighted by Gasteiger charge is 2.27. The third kappa shape index (κ3) is 2.87. The molecule has 0 amide bonds. The Labute approximate surface area is 136 Å². The maximum Gasteiger partial charge on any atom is 0.124 e. The molecule has 0 aliphatic carbocycles. The average molecular weight is 306 g/mol. The standard InChI is InChI=1S/C19H22N4/c1-22-11-12-23(14-18(22)19-20-9-10-21-19)13-16-7-4-6-15-5-2-3-8-17(15)16/h2-10,18H,11-14H2,1H3,(H,20,21). The lowest BCUT2D eigenvalue weighted by atomic mass is 10.0. The number of nitrogens with zero attached hydrogens (tertiary/aromatic N) is 3. The first-order chi connectivity index (χ1) is 11.3. The van der Waals surface area contributed by atoms with Gasteiger partial charge in [0.15, 0.2) is 0 Å². The second-order valence-electron chi connectivity index (χ2n) is 6.34. The van der Waals surface area contributed by atoms with E-state index in [9.17, 15) is 0 Å². The number of piperazine rings is 1. The molecule has 1 aromatic heterocycles. The number of aromatic nitrogens is 2. The van der Waals surface area contributed by atoms with Crippen molar-refractivity contribution in [3.05, 3.63) is 66.2 Å². The predicted octanol–water partition coefficient (Wildman–Crippen LogP) is 3.05. The first kappa shape index (κ1) is 14.4. The molecule has 4 heteroatoms. The van der Waals surface area contributed by atoms with E-state index in [4.69, 9.17) is 0 Å². The van der Waals surface area contributed by atoms with Gasteiger partial charge in [-0.1, -0.05) is 42.5 Å². The van der Waals surface area contributed by atoms with E-state index in [1.165, 1.54) is 16.3 Å². The monoisotopic (exact) mass is 306 g/mol. The van der Waals surface area contributed by atoms with E-state index in [0.29, 0.717) is 6.04 Å². The number of fused-ring (bicyclic) bond motifs is 1. The molecule has 118 valence electrons. The van der Waals surface area contributed by atoms with Gasteiger partial charge < -0.3 is 4.98 Å². The van der Waals surface area contributed by atoms with Gasteiger partial charge in [0.05, 0.1) is 6.04 Å². The van der Waals surface area contributed by atoms with Crippen LogP contribution in [-0.2, 0) is 6.54 Å². The van der Waals surface area contributed by atoms with E-state index >= 15 is 0 Å². The van der Waals surface area contributed by atoms with Crippen LogP contribution in [0.25, 0.3) is 10.8 Å². The Hall–Kier alpha value is -2.17. The van der Waals surface area contributed by atoms with E-state index in [1.54, 1.807) is 0 Å². The summed E-state index contributed by atoms with van der Waals surface area (Å²) in [6.45, 7) is 4.16. The van der Waals surface area contributed by atoms with Crippen LogP contribution in [0, 0.1) is 0 Å². The summed E-state index contributed by atoms with van der Waals surface area (Å²) in [5, 5.41) is 2.69. The topological polar surface area (TPSA) is 35.2 Å². The minimum Gasteiger partial charge on any atom is -0.347 e. The average Bonchev–Trinajstić information content (AvgIpc) is 3.11. The zero-order chi connectivity index (χ0) is 15.6. The Bertz CT molecular complexity index is 776. The molecule has 4 rings (SSSR count). The number of rotatable bonds is 3. The van der Waals surface area contributed by atoms with Gasteiger partial charge in [-0.2, -0.15) is 0 Å². The second kappa shape index (κ2) is 6.14. The predicted molar refractivity (Wildman–Crippen MR) is 93.2 cm³/mol. The van der Waals surface area contributed by atoms with Crippen LogP contribution >= 0.6 is 0 Å². The van der Waals surface area contributed by atoms with Crippen molar-refractivity contribution in [2.24, 2.45) is 0 Å². The van der Waals surface area contributed by atoms with Crippen LogP contribution < -0.4 is 0 Å². The van der Waals surface area contributed by atoms with Gasteiger partial charge in [-0.25, -0.2) is 4.98 Å². The molecule has 1 aliphatic rings. The molecule has 1 N–H and O–H groups in total. The van der Waals surface area contributed by atoms with Crippen LogP contribution in [0.4, 0.5) is 0 Å². The minimum atomic E-state index is 0.341. The van der Waals surface area contributed by atoms with Crippen LogP contribution in [0.3, 0.4) is 0 Å². The molecule has 0 bridgehead atoms. The van der Waals surface area contributed by atoms with E-state index in [1.807, 2.05) is 12.4 Å². The summed E-state index contributed by atoms with van der Waals surface area (Å²) in [6.07, 6.45) is 3.75. The van der Waals surface area contributed by atoms with Crippen LogP contribution in [-0.4, -0.2) is 46.4 Å². The number of hydrogen-bond acceptors (Lipinski definition) is 3. The van der Waals surface area contributed by atoms with E-state index in [0.717, 1.165) is 32.0 Å². The molecule has 1 atom stereocenters. The van der Waals surface area contributed by atoms with Crippen molar-refractivity contribution >= 4 is 10.8 Å². The fourth-order valence-corrected chi connectivity index (χ4v) is 3.50. The summed E-state index contributed by atoms with van der Waals surface area (Å²) in [4.78, 5) is 12.7. The number of hydrogen-bond donors (Lipinski definition) is 1. The molecule has 0 spiro atoms. The molecule has 1 unspecified atom stereocenters. The van der Waals surface area contributed by atoms with Crippen LogP contribution in [0.15, 0.2) is 54.9 Å². The summed E-state index contributed by atoms with van der Waals surface area (Å²) >= 11 is 0. The van der Waals surface area contributed by atoms with Crippen LogP contribution in [0.5, 0.6) is 0 Å². The lowest BCUT2D eigenvalue weighted by Gasteiger charge is -2.38. The van der Waals surface area contributed by atoms with Gasteiger partial charge in [-0.15, -0.1) is 0 Å². The maximum absolute atomic E-state index is 4.46. The van der Waals surface area contributed by atoms with E-state index < -0.39 is 0 Å². The van der Waals surface area contributed by atoms with Crippen molar-refractivity contribution in [1.82, 2.24) is 19.8 Å². The first-order valence-corrected chi connectivity index (χ1v) is 8.20. The molecule has 23 heavy (non-hydrogen) atoms. The third-order valence-electron chi connectivity index (χ3n) is 4.84. The highest BCUT2D eigenvalue weighted by molar-refractivity contribution is 5.85. The molecule has 0 saturated carbocycles. The van der Waals surface area contributed by atoms with Gasteiger partial charge in [0.25, 0.3) is 0 Å². The maximum atomic E-state index is 4.46. The lowest BCUT2D eigenvalue weighted by molar-refractivity contribution is 0.0866. The number of imidazole rings is 1. The SMILES string of the molecule is CN1CCN(Cc2cccc3ccccc23)CC1c1ncc[nH]1. The van der Waals surface area contributed by atoms with Crippen molar-refractivity contribution in [3.63, 3.8) is 0 Å². The molecule has 1 aliphatic heterocycles. The van der Waals surface area contributed by atoms with E-state index in [-0.39, 0.29) is 0 Å². The Morgan fingerprint density at radius 1 is 1.13 bits per heavy atom. The minimum absolute atomic E-state index is 0.341. The molecule has 2 heterocycles. The summed E-state index contributed by atoms with van der Waals surface area (Å²) in [7, 11) is 2.18. The van der Waals surface area contributed by atoms with Crippen molar-refractivity contribution in [2.45, 2.75) is 12.6 Å². The summed E-state index contributed by atoms with van der Waals surface area (Å²) in [5.74, 6) is 1.06. The Kier molecular flexibility index (Phi) is 3.85. The van der Waals surface area contributed by atoms with Gasteiger partial charge in [-0.3, -0.25) is 9.80 Å². The highest BCUT2D eigenvalue weighted by atomic mass is 15.3. The number of aromatic amines is 1. The van der Waals surface area contributed by atoms with Gasteiger partial charge >= 0.3 is 0 Å². The summed E-state index contributed by atoms with van der Waals surface area (Å²) < 4.78 is 0. The smallest absolute Gasteiger partial charge is 0.124 e. The number of nitrogens with one attached hydrogen (secondary N) is 1. The molecule has 1 fully saturated rings. The molecular weight excluding hydrogens is 284 g/mol. The van der Waals surface area contributed by atoms with Crippen molar-refractivity contribution in [1.29, 1.82) is 0 Å². The Morgan fingerprint density at radius 2 is 2.00 bits per heavy atom. The third-order valence-corrected chi connectivity index (χ3v) is 4.84. The molecule has 3 aromatic rings. The number of likely N-dealkylation sites (N-methyl/N-ethyl adjacent to an activating group) is 1. The molecule has 1 saturated heterocycles. The first-order valence-electron chi connectivity index (χ1n) is 8.20. The molecule has 0 radical (unpaired) electrons. The highest BCUT2D eigenvalue weighted by Crippen LogP contribution is 2.25. The van der Waals surface area contributed by atoms with E-state index in [2.05, 4.69) is 69.3 Å². The molecular formula is C19H22N4. The zero-order valence-electron chi connectivity index (χ0n) is 13.4. The fraction of sp³-hybridized carbons (Fsp3) is 0.316. The Balaban J connectivity index is 1.56. The largest absolute Gasteiger partial charge is 0.347 e. The zero-order valence-corrected chi connectivity index (χ0v) is 13.4. The number of H-pyrrole nitrogens is 1. The lowest BCUT2D eigenvalue weighted by Crippen LogP contribution is -2.46. The van der Waals surface area contributed by atoms with Crippen LogP contribution in [0.1, 0.15) is 17.4 Å². The Morgan fingerprint density at radius 3 is 2.87 bits per heavy atom. The number of benzene rings is 2. The van der Waals surface area contributed by atoms with Crippen LogP contribution in [0.2, 0.25) is 0 Å². The fourth-order valence-electron chi connectivity index (χ4n) is 3.50. The van der Waals surface area contributed by atoms with Gasteiger partial charge in [0, 0.05) is 38.6 Å². The van der Waals surface area contributed by atoms with Crippen molar-refractivity contribution in [2.75, 3.05) is 26.7 Å². The summed E-state index contributed by atoms with van der Waals surface area (Å²) in [5.41, 5.74) is 1.41. The van der Waals surface area contributed by atoms with Gasteiger partial charge in [0.2, 0.25) is 0 Å². The van der Waals surface area contributed by atoms with Gasteiger partial charge in [-0.05, 0) is 23.4 Å². The summed E-state index contributed by atoms with van der Waals surface area (Å²) in [6, 6.07) is 15.6. The quantitative estimate of drug-likeness (QED) is 0.808. The second-order valence-corrected chi connectivity index (χ2v) is 6.34. The van der Waals surface area contributed by atoms with Crippen molar-refractivity contribution in [3.8, 4) is 0 Å². The van der Waals surface area contributed by atoms with Crippen molar-refractivity contribution < 1.29 is 0 Å². The molecule has 4 nitrogen and oxygen atoms in total. The normalized spacial score (nSPS) is 20.1. The molecule has 2 aromatic carbocycles.